The first-order valence-corrected chi connectivity index (χ1v) is 14.3. The van der Waals surface area contributed by atoms with Gasteiger partial charge in [-0.05, 0) is 72.3 Å². The van der Waals surface area contributed by atoms with Crippen LogP contribution in [0.25, 0.3) is 11.1 Å². The third-order valence-electron chi connectivity index (χ3n) is 7.19. The largest absolute Gasteiger partial charge is 0.410 e. The molecule has 0 amide bonds. The summed E-state index contributed by atoms with van der Waals surface area (Å²) in [6.07, 6.45) is 3.94. The molecule has 200 valence electrons. The normalized spacial score (nSPS) is 10.6. The van der Waals surface area contributed by atoms with Crippen LogP contribution in [0.3, 0.4) is 0 Å². The van der Waals surface area contributed by atoms with E-state index in [0.29, 0.717) is 0 Å². The Morgan fingerprint density at radius 1 is 0.475 bits per heavy atom. The lowest BCUT2D eigenvalue weighted by Gasteiger charge is -2.15. The maximum Gasteiger partial charge on any atom is 0.174 e. The highest BCUT2D eigenvalue weighted by Crippen LogP contribution is 2.28. The Kier molecular flexibility index (Phi) is 10.1. The third-order valence-corrected chi connectivity index (χ3v) is 7.19. The van der Waals surface area contributed by atoms with Crippen LogP contribution < -0.4 is 11.5 Å². The first-order valence-electron chi connectivity index (χ1n) is 14.3. The summed E-state index contributed by atoms with van der Waals surface area (Å²) in [5, 5.41) is 0. The molecule has 0 aliphatic carbocycles. The Morgan fingerprint density at radius 2 is 0.750 bits per heavy atom. The maximum absolute atomic E-state index is 6.73. The SMILES string of the molecule is Cc1cccc(C(=C(N)[B]CCCC[B]C(N)=C(c2cccc(C)c2)c2cccc(C)c2)c2cccc(C)c2)c1. The van der Waals surface area contributed by atoms with E-state index in [9.17, 15) is 0 Å². The van der Waals surface area contributed by atoms with Crippen LogP contribution in [0, 0.1) is 27.7 Å². The molecule has 40 heavy (non-hydrogen) atoms. The minimum absolute atomic E-state index is 0.834. The molecule has 0 saturated carbocycles. The molecule has 0 aliphatic rings. The van der Waals surface area contributed by atoms with Crippen molar-refractivity contribution >= 4 is 25.7 Å². The second-order valence-electron chi connectivity index (χ2n) is 10.8. The molecule has 0 fully saturated rings. The molecule has 2 nitrogen and oxygen atoms in total. The number of aryl methyl sites for hydroxylation is 4. The van der Waals surface area contributed by atoms with Gasteiger partial charge in [-0.2, -0.15) is 0 Å². The van der Waals surface area contributed by atoms with Gasteiger partial charge in [-0.3, -0.25) is 0 Å². The van der Waals surface area contributed by atoms with Gasteiger partial charge in [0, 0.05) is 0 Å². The topological polar surface area (TPSA) is 52.0 Å². The Bertz CT molecular complexity index is 1310. The number of hydrogen-bond donors (Lipinski definition) is 2. The first-order chi connectivity index (χ1) is 19.3. The zero-order valence-electron chi connectivity index (χ0n) is 24.4. The van der Waals surface area contributed by atoms with E-state index in [2.05, 4.69) is 139 Å². The van der Waals surface area contributed by atoms with E-state index in [1.165, 1.54) is 22.3 Å². The summed E-state index contributed by atoms with van der Waals surface area (Å²) in [6, 6.07) is 34.3. The number of unbranched alkanes of at least 4 members (excludes halogenated alkanes) is 1. The number of benzene rings is 4. The molecule has 0 spiro atoms. The number of nitrogens with two attached hydrogens (primary N) is 2. The van der Waals surface area contributed by atoms with Crippen molar-refractivity contribution < 1.29 is 0 Å². The van der Waals surface area contributed by atoms with Crippen LogP contribution in [0.1, 0.15) is 57.3 Å². The van der Waals surface area contributed by atoms with Gasteiger partial charge in [0.05, 0.1) is 0 Å². The van der Waals surface area contributed by atoms with E-state index in [0.717, 1.165) is 70.1 Å². The second kappa shape index (κ2) is 13.9. The number of rotatable bonds is 11. The Balaban J connectivity index is 1.43. The van der Waals surface area contributed by atoms with Crippen molar-refractivity contribution in [1.82, 2.24) is 0 Å². The summed E-state index contributed by atoms with van der Waals surface area (Å²) in [5.74, 6) is 0. The summed E-state index contributed by atoms with van der Waals surface area (Å²) in [4.78, 5) is 0. The molecular weight excluding hydrogens is 482 g/mol. The van der Waals surface area contributed by atoms with Crippen molar-refractivity contribution in [3.8, 4) is 0 Å². The molecule has 0 aliphatic heterocycles. The molecule has 0 bridgehead atoms. The van der Waals surface area contributed by atoms with Crippen molar-refractivity contribution in [3.05, 3.63) is 153 Å². The van der Waals surface area contributed by atoms with Crippen LogP contribution in [0.4, 0.5) is 0 Å². The Morgan fingerprint density at radius 3 is 1.00 bits per heavy atom. The van der Waals surface area contributed by atoms with Gasteiger partial charge in [0.25, 0.3) is 0 Å². The lowest BCUT2D eigenvalue weighted by molar-refractivity contribution is 0.874. The van der Waals surface area contributed by atoms with Crippen molar-refractivity contribution in [1.29, 1.82) is 0 Å². The fourth-order valence-electron chi connectivity index (χ4n) is 5.21. The van der Waals surface area contributed by atoms with Crippen LogP contribution in [0.2, 0.25) is 12.6 Å². The highest BCUT2D eigenvalue weighted by atomic mass is 14.5. The first kappa shape index (κ1) is 29.1. The van der Waals surface area contributed by atoms with Gasteiger partial charge < -0.3 is 11.5 Å². The minimum Gasteiger partial charge on any atom is -0.410 e. The van der Waals surface area contributed by atoms with Crippen molar-refractivity contribution in [2.45, 2.75) is 53.2 Å². The summed E-state index contributed by atoms with van der Waals surface area (Å²) >= 11 is 0. The quantitative estimate of drug-likeness (QED) is 0.155. The van der Waals surface area contributed by atoms with E-state index in [1.807, 2.05) is 0 Å². The predicted octanol–water partition coefficient (Wildman–Crippen LogP) is 8.00. The third kappa shape index (κ3) is 7.82. The van der Waals surface area contributed by atoms with E-state index in [1.54, 1.807) is 0 Å². The average Bonchev–Trinajstić information content (AvgIpc) is 2.91. The van der Waals surface area contributed by atoms with E-state index < -0.39 is 0 Å². The molecule has 4 rings (SSSR count). The van der Waals surface area contributed by atoms with E-state index >= 15 is 0 Å². The zero-order valence-corrected chi connectivity index (χ0v) is 24.4. The zero-order chi connectivity index (χ0) is 28.5. The molecule has 4 heteroatoms. The summed E-state index contributed by atoms with van der Waals surface area (Å²) < 4.78 is 0. The molecule has 0 atom stereocenters. The Hall–Kier alpha value is -3.91. The van der Waals surface area contributed by atoms with E-state index in [4.69, 9.17) is 11.5 Å². The molecule has 4 N–H and O–H groups in total. The standard InChI is InChI=1S/C36H40B2N2/c1-25-11-7-15-29(21-25)33(30-16-8-12-26(2)22-30)35(39)37-19-5-6-20-38-36(40)34(31-17-9-13-27(3)23-31)32-18-10-14-28(4)24-32/h7-18,21-24H,5-6,19-20,39-40H2,1-4H3. The van der Waals surface area contributed by atoms with Gasteiger partial charge >= 0.3 is 0 Å². The average molecular weight is 522 g/mol. The van der Waals surface area contributed by atoms with Crippen molar-refractivity contribution in [3.63, 3.8) is 0 Å². The van der Waals surface area contributed by atoms with Gasteiger partial charge in [0.1, 0.15) is 0 Å². The summed E-state index contributed by atoms with van der Waals surface area (Å²) in [5.41, 5.74) is 26.9. The van der Waals surface area contributed by atoms with Gasteiger partial charge in [0.2, 0.25) is 0 Å². The lowest BCUT2D eigenvalue weighted by Crippen LogP contribution is -2.12. The smallest absolute Gasteiger partial charge is 0.174 e. The van der Waals surface area contributed by atoms with Gasteiger partial charge in [-0.15, -0.1) is 0 Å². The maximum atomic E-state index is 6.73. The monoisotopic (exact) mass is 522 g/mol. The molecule has 0 saturated heterocycles. The molecule has 2 radical (unpaired) electrons. The van der Waals surface area contributed by atoms with Crippen molar-refractivity contribution in [2.75, 3.05) is 0 Å². The van der Waals surface area contributed by atoms with E-state index in [-0.39, 0.29) is 0 Å². The van der Waals surface area contributed by atoms with Crippen LogP contribution in [-0.2, 0) is 0 Å². The second-order valence-corrected chi connectivity index (χ2v) is 10.8. The molecule has 4 aromatic carbocycles. The highest BCUT2D eigenvalue weighted by Gasteiger charge is 2.13. The fraction of sp³-hybridized carbons (Fsp3) is 0.222. The minimum atomic E-state index is 0.834. The van der Waals surface area contributed by atoms with Crippen LogP contribution in [0.5, 0.6) is 0 Å². The Labute approximate surface area is 242 Å². The van der Waals surface area contributed by atoms with Crippen LogP contribution in [-0.4, -0.2) is 14.6 Å². The summed E-state index contributed by atoms with van der Waals surface area (Å²) in [7, 11) is 4.37. The molecule has 0 aromatic heterocycles. The highest BCUT2D eigenvalue weighted by molar-refractivity contribution is 6.48. The van der Waals surface area contributed by atoms with Crippen molar-refractivity contribution in [2.24, 2.45) is 11.5 Å². The predicted molar refractivity (Wildman–Crippen MR) is 175 cm³/mol. The molecule has 0 heterocycles. The van der Waals surface area contributed by atoms with Gasteiger partial charge in [0.15, 0.2) is 14.6 Å². The van der Waals surface area contributed by atoms with Gasteiger partial charge in [-0.1, -0.05) is 145 Å². The van der Waals surface area contributed by atoms with Crippen LogP contribution in [0.15, 0.2) is 108 Å². The summed E-state index contributed by atoms with van der Waals surface area (Å²) in [6.45, 7) is 8.49. The molecule has 4 aromatic rings. The van der Waals surface area contributed by atoms with Crippen LogP contribution >= 0.6 is 0 Å². The fourth-order valence-corrected chi connectivity index (χ4v) is 5.21. The molecule has 0 unspecified atom stereocenters. The number of hydrogen-bond acceptors (Lipinski definition) is 2. The van der Waals surface area contributed by atoms with Gasteiger partial charge in [-0.25, -0.2) is 0 Å². The lowest BCUT2D eigenvalue weighted by atomic mass is 9.63. The molecular formula is C36H40B2N2.